The summed E-state index contributed by atoms with van der Waals surface area (Å²) in [5.41, 5.74) is 6.12. The van der Waals surface area contributed by atoms with E-state index in [1.54, 1.807) is 11.1 Å². The van der Waals surface area contributed by atoms with Gasteiger partial charge in [-0.1, -0.05) is 12.1 Å². The van der Waals surface area contributed by atoms with Gasteiger partial charge < -0.3 is 0 Å². The third-order valence-electron chi connectivity index (χ3n) is 2.39. The summed E-state index contributed by atoms with van der Waals surface area (Å²) in [5, 5.41) is 0. The molecule has 0 spiro atoms. The summed E-state index contributed by atoms with van der Waals surface area (Å²) in [6, 6.07) is 4.47. The molecule has 1 aliphatic heterocycles. The molecular weight excluding hydrogens is 152 g/mol. The van der Waals surface area contributed by atoms with Gasteiger partial charge in [0.1, 0.15) is 0 Å². The zero-order chi connectivity index (χ0) is 7.84. The second-order valence-electron chi connectivity index (χ2n) is 3.15. The van der Waals surface area contributed by atoms with Crippen LogP contribution in [0.2, 0.25) is 0 Å². The number of fused-ring (bicyclic) bond motifs is 1. The van der Waals surface area contributed by atoms with E-state index in [-0.39, 0.29) is 0 Å². The van der Waals surface area contributed by atoms with Crippen molar-refractivity contribution in [3.63, 3.8) is 0 Å². The van der Waals surface area contributed by atoms with Crippen LogP contribution in [-0.2, 0) is 11.5 Å². The van der Waals surface area contributed by atoms with Gasteiger partial charge in [0.05, 0.1) is 0 Å². The molecule has 0 fully saturated rings. The van der Waals surface area contributed by atoms with Crippen molar-refractivity contribution in [2.45, 2.75) is 25.4 Å². The van der Waals surface area contributed by atoms with Gasteiger partial charge in [0, 0.05) is 11.5 Å². The Labute approximate surface area is 72.0 Å². The van der Waals surface area contributed by atoms with Gasteiger partial charge in [0.2, 0.25) is 0 Å². The van der Waals surface area contributed by atoms with Crippen molar-refractivity contribution in [1.29, 1.82) is 0 Å². The molecule has 1 aromatic rings. The molecule has 0 saturated carbocycles. The molecule has 2 rings (SSSR count). The number of hydrogen-bond donors (Lipinski definition) is 0. The highest BCUT2D eigenvalue weighted by Gasteiger charge is 2.14. The Bertz CT molecular complexity index is 260. The van der Waals surface area contributed by atoms with E-state index in [4.69, 9.17) is 0 Å². The van der Waals surface area contributed by atoms with Gasteiger partial charge in [0.15, 0.2) is 0 Å². The SMILES string of the molecule is Cc1ccc(C)c2c1CSC2. The van der Waals surface area contributed by atoms with Gasteiger partial charge >= 0.3 is 0 Å². The van der Waals surface area contributed by atoms with Gasteiger partial charge in [-0.2, -0.15) is 11.8 Å². The molecule has 11 heavy (non-hydrogen) atoms. The molecule has 1 aliphatic rings. The van der Waals surface area contributed by atoms with E-state index >= 15 is 0 Å². The largest absolute Gasteiger partial charge is 0.152 e. The Balaban J connectivity index is 2.64. The minimum atomic E-state index is 1.23. The average Bonchev–Trinajstić information content (AvgIpc) is 2.45. The van der Waals surface area contributed by atoms with Crippen LogP contribution < -0.4 is 0 Å². The third-order valence-corrected chi connectivity index (χ3v) is 3.38. The van der Waals surface area contributed by atoms with Gasteiger partial charge in [-0.15, -0.1) is 0 Å². The van der Waals surface area contributed by atoms with Crippen molar-refractivity contribution < 1.29 is 0 Å². The maximum atomic E-state index is 2.24. The van der Waals surface area contributed by atoms with Crippen LogP contribution in [0.1, 0.15) is 22.3 Å². The number of rotatable bonds is 0. The highest BCUT2D eigenvalue weighted by atomic mass is 32.2. The van der Waals surface area contributed by atoms with Gasteiger partial charge in [0.25, 0.3) is 0 Å². The van der Waals surface area contributed by atoms with Crippen molar-refractivity contribution in [2.24, 2.45) is 0 Å². The van der Waals surface area contributed by atoms with Crippen molar-refractivity contribution in [3.05, 3.63) is 34.4 Å². The van der Waals surface area contributed by atoms with E-state index in [2.05, 4.69) is 26.0 Å². The molecular formula is C10H12S. The summed E-state index contributed by atoms with van der Waals surface area (Å²) < 4.78 is 0. The van der Waals surface area contributed by atoms with Crippen LogP contribution in [-0.4, -0.2) is 0 Å². The topological polar surface area (TPSA) is 0 Å². The lowest BCUT2D eigenvalue weighted by Gasteiger charge is -2.05. The maximum absolute atomic E-state index is 2.24. The van der Waals surface area contributed by atoms with Crippen LogP contribution in [0.4, 0.5) is 0 Å². The summed E-state index contributed by atoms with van der Waals surface area (Å²) in [7, 11) is 0. The fourth-order valence-electron chi connectivity index (χ4n) is 1.58. The summed E-state index contributed by atoms with van der Waals surface area (Å²) in [5.74, 6) is 2.45. The summed E-state index contributed by atoms with van der Waals surface area (Å²) in [6.45, 7) is 4.42. The molecule has 1 heterocycles. The number of hydrogen-bond acceptors (Lipinski definition) is 1. The van der Waals surface area contributed by atoms with Crippen LogP contribution in [0, 0.1) is 13.8 Å². The molecule has 1 aromatic carbocycles. The van der Waals surface area contributed by atoms with E-state index in [1.807, 2.05) is 11.8 Å². The van der Waals surface area contributed by atoms with E-state index in [9.17, 15) is 0 Å². The Morgan fingerprint density at radius 2 is 1.45 bits per heavy atom. The molecule has 0 N–H and O–H groups in total. The van der Waals surface area contributed by atoms with E-state index < -0.39 is 0 Å². The van der Waals surface area contributed by atoms with E-state index in [0.717, 1.165) is 0 Å². The van der Waals surface area contributed by atoms with Crippen molar-refractivity contribution in [3.8, 4) is 0 Å². The van der Waals surface area contributed by atoms with E-state index in [0.29, 0.717) is 0 Å². The lowest BCUT2D eigenvalue weighted by Crippen LogP contribution is -1.90. The number of aryl methyl sites for hydroxylation is 2. The molecule has 0 nitrogen and oxygen atoms in total. The highest BCUT2D eigenvalue weighted by molar-refractivity contribution is 7.98. The third kappa shape index (κ3) is 1.08. The Morgan fingerprint density at radius 3 is 1.91 bits per heavy atom. The molecule has 58 valence electrons. The second kappa shape index (κ2) is 2.56. The van der Waals surface area contributed by atoms with Crippen LogP contribution >= 0.6 is 11.8 Å². The maximum Gasteiger partial charge on any atom is 0.0193 e. The molecule has 1 heteroatoms. The Kier molecular flexibility index (Phi) is 1.68. The first-order chi connectivity index (χ1) is 5.29. The predicted molar refractivity (Wildman–Crippen MR) is 50.9 cm³/mol. The van der Waals surface area contributed by atoms with Crippen LogP contribution in [0.25, 0.3) is 0 Å². The minimum absolute atomic E-state index is 1.23. The minimum Gasteiger partial charge on any atom is -0.152 e. The molecule has 0 aliphatic carbocycles. The molecule has 0 bridgehead atoms. The Morgan fingerprint density at radius 1 is 1.00 bits per heavy atom. The molecule has 0 atom stereocenters. The lowest BCUT2D eigenvalue weighted by atomic mass is 10.0. The average molecular weight is 164 g/mol. The first-order valence-corrected chi connectivity index (χ1v) is 5.10. The second-order valence-corrected chi connectivity index (χ2v) is 4.13. The monoisotopic (exact) mass is 164 g/mol. The zero-order valence-electron chi connectivity index (χ0n) is 6.98. The summed E-state index contributed by atoms with van der Waals surface area (Å²) in [4.78, 5) is 0. The predicted octanol–water partition coefficient (Wildman–Crippen LogP) is 3.05. The van der Waals surface area contributed by atoms with Crippen molar-refractivity contribution >= 4 is 11.8 Å². The van der Waals surface area contributed by atoms with Gasteiger partial charge in [-0.3, -0.25) is 0 Å². The van der Waals surface area contributed by atoms with E-state index in [1.165, 1.54) is 22.6 Å². The Hall–Kier alpha value is -0.430. The molecule has 0 unspecified atom stereocenters. The normalized spacial score (nSPS) is 15.1. The van der Waals surface area contributed by atoms with Crippen molar-refractivity contribution in [1.82, 2.24) is 0 Å². The molecule has 0 aromatic heterocycles. The van der Waals surface area contributed by atoms with Crippen LogP contribution in [0.5, 0.6) is 0 Å². The zero-order valence-corrected chi connectivity index (χ0v) is 7.79. The van der Waals surface area contributed by atoms with Crippen LogP contribution in [0.15, 0.2) is 12.1 Å². The fourth-order valence-corrected chi connectivity index (χ4v) is 2.90. The number of benzene rings is 1. The summed E-state index contributed by atoms with van der Waals surface area (Å²) in [6.07, 6.45) is 0. The summed E-state index contributed by atoms with van der Waals surface area (Å²) >= 11 is 2.03. The standard InChI is InChI=1S/C10H12S/c1-7-3-4-8(2)10-6-11-5-9(7)10/h3-4H,5-6H2,1-2H3. The fraction of sp³-hybridized carbons (Fsp3) is 0.400. The van der Waals surface area contributed by atoms with Gasteiger partial charge in [-0.05, 0) is 36.1 Å². The van der Waals surface area contributed by atoms with Gasteiger partial charge in [-0.25, -0.2) is 0 Å². The quantitative estimate of drug-likeness (QED) is 0.568. The lowest BCUT2D eigenvalue weighted by molar-refractivity contribution is 1.22. The van der Waals surface area contributed by atoms with Crippen molar-refractivity contribution in [2.75, 3.05) is 0 Å². The van der Waals surface area contributed by atoms with Crippen LogP contribution in [0.3, 0.4) is 0 Å². The first-order valence-electron chi connectivity index (χ1n) is 3.95. The first kappa shape index (κ1) is 7.23. The smallest absolute Gasteiger partial charge is 0.0193 e. The molecule has 0 saturated heterocycles. The highest BCUT2D eigenvalue weighted by Crippen LogP contribution is 2.33. The molecule has 0 amide bonds. The molecule has 0 radical (unpaired) electrons. The number of thioether (sulfide) groups is 1.